The van der Waals surface area contributed by atoms with Gasteiger partial charge in [0.05, 0.1) is 5.52 Å². The van der Waals surface area contributed by atoms with Crippen LogP contribution in [0.1, 0.15) is 0 Å². The van der Waals surface area contributed by atoms with Gasteiger partial charge in [-0.1, -0.05) is 6.07 Å². The lowest BCUT2D eigenvalue weighted by atomic mass is 10.2. The number of pyridine rings is 1. The zero-order valence-electron chi connectivity index (χ0n) is 9.75. The molecule has 0 aliphatic carbocycles. The average molecular weight is 317 g/mol. The van der Waals surface area contributed by atoms with Gasteiger partial charge in [0.15, 0.2) is 0 Å². The number of nitrogens with zero attached hydrogens (tertiary/aromatic N) is 3. The van der Waals surface area contributed by atoms with Crippen molar-refractivity contribution in [2.75, 3.05) is 5.73 Å². The number of nitrogens with two attached hydrogens (primary N) is 1. The molecular formula is C13H9BrN4O. The van der Waals surface area contributed by atoms with Gasteiger partial charge in [0.25, 0.3) is 0 Å². The van der Waals surface area contributed by atoms with E-state index in [1.807, 2.05) is 30.3 Å². The van der Waals surface area contributed by atoms with Gasteiger partial charge in [-0.05, 0) is 40.2 Å². The topological polar surface area (TPSA) is 73.9 Å². The number of fused-ring (bicyclic) bond motifs is 1. The molecule has 0 aliphatic rings. The Balaban J connectivity index is 2.05. The van der Waals surface area contributed by atoms with Crippen LogP contribution < -0.4 is 10.5 Å². The molecule has 94 valence electrons. The first-order valence-corrected chi connectivity index (χ1v) is 6.33. The van der Waals surface area contributed by atoms with Crippen LogP contribution in [-0.2, 0) is 0 Å². The quantitative estimate of drug-likeness (QED) is 0.735. The van der Waals surface area contributed by atoms with Gasteiger partial charge in [0.2, 0.25) is 0 Å². The Morgan fingerprint density at radius 1 is 1.11 bits per heavy atom. The Labute approximate surface area is 117 Å². The zero-order valence-corrected chi connectivity index (χ0v) is 11.3. The normalized spacial score (nSPS) is 10.6. The molecule has 0 saturated heterocycles. The Morgan fingerprint density at radius 3 is 2.84 bits per heavy atom. The predicted octanol–water partition coefficient (Wildman–Crippen LogP) is 3.16. The molecule has 0 amide bonds. The summed E-state index contributed by atoms with van der Waals surface area (Å²) in [5, 5.41) is 0.896. The summed E-state index contributed by atoms with van der Waals surface area (Å²) in [6.07, 6.45) is 1.74. The summed E-state index contributed by atoms with van der Waals surface area (Å²) in [4.78, 5) is 12.4. The second kappa shape index (κ2) is 4.81. The molecular weight excluding hydrogens is 308 g/mol. The molecule has 0 aliphatic heterocycles. The second-order valence-corrected chi connectivity index (χ2v) is 4.64. The van der Waals surface area contributed by atoms with Gasteiger partial charge in [0, 0.05) is 17.6 Å². The first-order valence-electron chi connectivity index (χ1n) is 5.54. The highest BCUT2D eigenvalue weighted by molar-refractivity contribution is 9.10. The third-order valence-electron chi connectivity index (χ3n) is 2.50. The lowest BCUT2D eigenvalue weighted by molar-refractivity contribution is 0.446. The molecule has 1 aromatic carbocycles. The molecule has 2 heterocycles. The number of nitrogen functional groups attached to an aromatic ring is 1. The predicted molar refractivity (Wildman–Crippen MR) is 76.0 cm³/mol. The van der Waals surface area contributed by atoms with Crippen LogP contribution in [0.4, 0.5) is 5.82 Å². The molecule has 0 spiro atoms. The van der Waals surface area contributed by atoms with Crippen LogP contribution in [-0.4, -0.2) is 15.0 Å². The minimum Gasteiger partial charge on any atom is -0.424 e. The zero-order chi connectivity index (χ0) is 13.2. The summed E-state index contributed by atoms with van der Waals surface area (Å²) < 4.78 is 6.26. The van der Waals surface area contributed by atoms with E-state index in [0.29, 0.717) is 16.2 Å². The molecule has 6 heteroatoms. The fourth-order valence-electron chi connectivity index (χ4n) is 1.72. The van der Waals surface area contributed by atoms with Crippen molar-refractivity contribution in [3.63, 3.8) is 0 Å². The van der Waals surface area contributed by atoms with Crippen LogP contribution in [0, 0.1) is 0 Å². The molecule has 3 rings (SSSR count). The van der Waals surface area contributed by atoms with Gasteiger partial charge in [-0.15, -0.1) is 0 Å². The molecule has 5 nitrogen and oxygen atoms in total. The first kappa shape index (κ1) is 11.9. The van der Waals surface area contributed by atoms with Crippen molar-refractivity contribution in [2.45, 2.75) is 0 Å². The Bertz CT molecular complexity index is 722. The summed E-state index contributed by atoms with van der Waals surface area (Å²) in [5.41, 5.74) is 6.50. The number of benzene rings is 1. The number of hydrogen-bond acceptors (Lipinski definition) is 5. The summed E-state index contributed by atoms with van der Waals surface area (Å²) in [7, 11) is 0. The highest BCUT2D eigenvalue weighted by Crippen LogP contribution is 2.28. The van der Waals surface area contributed by atoms with Crippen molar-refractivity contribution in [3.05, 3.63) is 47.2 Å². The standard InChI is InChI=1S/C13H9BrN4O/c14-11-7-12(15)18-13(17-11)19-10-5-1-4-9-8(10)3-2-6-16-9/h1-7H,(H2,15,17,18). The van der Waals surface area contributed by atoms with E-state index in [-0.39, 0.29) is 6.01 Å². The van der Waals surface area contributed by atoms with Gasteiger partial charge in [-0.25, -0.2) is 0 Å². The third-order valence-corrected chi connectivity index (χ3v) is 2.91. The highest BCUT2D eigenvalue weighted by Gasteiger charge is 2.07. The first-order chi connectivity index (χ1) is 9.22. The molecule has 3 aromatic rings. The van der Waals surface area contributed by atoms with E-state index in [2.05, 4.69) is 30.9 Å². The van der Waals surface area contributed by atoms with E-state index in [1.54, 1.807) is 12.3 Å². The summed E-state index contributed by atoms with van der Waals surface area (Å²) in [6, 6.07) is 11.2. The maximum Gasteiger partial charge on any atom is 0.325 e. The molecule has 0 atom stereocenters. The molecule has 0 saturated carbocycles. The molecule has 2 aromatic heterocycles. The van der Waals surface area contributed by atoms with Crippen molar-refractivity contribution < 1.29 is 4.74 Å². The van der Waals surface area contributed by atoms with Crippen molar-refractivity contribution >= 4 is 32.7 Å². The van der Waals surface area contributed by atoms with E-state index >= 15 is 0 Å². The van der Waals surface area contributed by atoms with Crippen LogP contribution in [0.15, 0.2) is 47.2 Å². The van der Waals surface area contributed by atoms with Crippen molar-refractivity contribution in [1.82, 2.24) is 15.0 Å². The highest BCUT2D eigenvalue weighted by atomic mass is 79.9. The minimum absolute atomic E-state index is 0.197. The second-order valence-electron chi connectivity index (χ2n) is 3.83. The van der Waals surface area contributed by atoms with Crippen LogP contribution in [0.3, 0.4) is 0 Å². The van der Waals surface area contributed by atoms with E-state index in [0.717, 1.165) is 10.9 Å². The fourth-order valence-corrected chi connectivity index (χ4v) is 2.11. The van der Waals surface area contributed by atoms with Gasteiger partial charge >= 0.3 is 6.01 Å². The lowest BCUT2D eigenvalue weighted by Gasteiger charge is -2.07. The van der Waals surface area contributed by atoms with E-state index in [1.165, 1.54) is 0 Å². The van der Waals surface area contributed by atoms with Gasteiger partial charge in [0.1, 0.15) is 16.2 Å². The number of aromatic nitrogens is 3. The van der Waals surface area contributed by atoms with Crippen LogP contribution in [0.25, 0.3) is 10.9 Å². The summed E-state index contributed by atoms with van der Waals surface area (Å²) in [5.74, 6) is 0.985. The Morgan fingerprint density at radius 2 is 2.00 bits per heavy atom. The summed E-state index contributed by atoms with van der Waals surface area (Å²) >= 11 is 3.25. The van der Waals surface area contributed by atoms with Crippen LogP contribution >= 0.6 is 15.9 Å². The number of ether oxygens (including phenoxy) is 1. The number of halogens is 1. The Kier molecular flexibility index (Phi) is 3.00. The van der Waals surface area contributed by atoms with E-state index < -0.39 is 0 Å². The third kappa shape index (κ3) is 2.48. The maximum absolute atomic E-state index is 5.68. The molecule has 0 radical (unpaired) electrons. The van der Waals surface area contributed by atoms with Crippen molar-refractivity contribution in [1.29, 1.82) is 0 Å². The number of anilines is 1. The molecule has 2 N–H and O–H groups in total. The van der Waals surface area contributed by atoms with Crippen molar-refractivity contribution in [3.8, 4) is 11.8 Å². The minimum atomic E-state index is 0.197. The summed E-state index contributed by atoms with van der Waals surface area (Å²) in [6.45, 7) is 0. The largest absolute Gasteiger partial charge is 0.424 e. The van der Waals surface area contributed by atoms with E-state index in [9.17, 15) is 0 Å². The van der Waals surface area contributed by atoms with E-state index in [4.69, 9.17) is 10.5 Å². The number of rotatable bonds is 2. The molecule has 0 bridgehead atoms. The van der Waals surface area contributed by atoms with Gasteiger partial charge in [-0.3, -0.25) is 4.98 Å². The van der Waals surface area contributed by atoms with Crippen LogP contribution in [0.2, 0.25) is 0 Å². The maximum atomic E-state index is 5.68. The van der Waals surface area contributed by atoms with Crippen LogP contribution in [0.5, 0.6) is 11.8 Å². The number of hydrogen-bond donors (Lipinski definition) is 1. The fraction of sp³-hybridized carbons (Fsp3) is 0. The smallest absolute Gasteiger partial charge is 0.325 e. The lowest BCUT2D eigenvalue weighted by Crippen LogP contribution is -1.97. The molecule has 19 heavy (non-hydrogen) atoms. The monoisotopic (exact) mass is 316 g/mol. The Hall–Kier alpha value is -2.21. The SMILES string of the molecule is Nc1cc(Br)nc(Oc2cccc3ncccc23)n1. The molecule has 0 fully saturated rings. The van der Waals surface area contributed by atoms with Gasteiger partial charge < -0.3 is 10.5 Å². The van der Waals surface area contributed by atoms with Crippen molar-refractivity contribution in [2.24, 2.45) is 0 Å². The molecule has 0 unspecified atom stereocenters. The van der Waals surface area contributed by atoms with Gasteiger partial charge in [-0.2, -0.15) is 9.97 Å². The average Bonchev–Trinajstić information content (AvgIpc) is 2.38.